The lowest BCUT2D eigenvalue weighted by Crippen LogP contribution is -2.13. The van der Waals surface area contributed by atoms with Crippen molar-refractivity contribution in [3.63, 3.8) is 0 Å². The van der Waals surface area contributed by atoms with Crippen molar-refractivity contribution >= 4 is 21.4 Å². The maximum atomic E-state index is 12.6. The summed E-state index contributed by atoms with van der Waals surface area (Å²) in [5.41, 5.74) is 2.53. The molecule has 1 N–H and O–H groups in total. The molecule has 3 aromatic rings. The number of aryl methyl sites for hydroxylation is 1. The van der Waals surface area contributed by atoms with Crippen LogP contribution in [-0.4, -0.2) is 19.3 Å². The molecule has 0 bridgehead atoms. The van der Waals surface area contributed by atoms with E-state index in [9.17, 15) is 13.2 Å². The van der Waals surface area contributed by atoms with E-state index >= 15 is 0 Å². The maximum absolute atomic E-state index is 12.6. The molecule has 1 aromatic heterocycles. The number of hydrogen-bond acceptors (Lipinski definition) is 4. The number of nitrogens with zero attached hydrogens (tertiary/aromatic N) is 1. The number of amides is 1. The molecule has 0 saturated carbocycles. The summed E-state index contributed by atoms with van der Waals surface area (Å²) >= 11 is 0. The number of pyridine rings is 1. The number of rotatable bonds is 5. The van der Waals surface area contributed by atoms with Gasteiger partial charge in [-0.15, -0.1) is 0 Å². The van der Waals surface area contributed by atoms with Crippen molar-refractivity contribution in [3.8, 4) is 0 Å². The van der Waals surface area contributed by atoms with Gasteiger partial charge in [-0.25, -0.2) is 8.42 Å². The van der Waals surface area contributed by atoms with Gasteiger partial charge in [-0.1, -0.05) is 29.8 Å². The van der Waals surface area contributed by atoms with Crippen molar-refractivity contribution in [1.29, 1.82) is 0 Å². The summed E-state index contributed by atoms with van der Waals surface area (Å²) in [5.74, 6) is -0.475. The lowest BCUT2D eigenvalue weighted by Gasteiger charge is -2.08. The Bertz CT molecular complexity index is 1010. The molecule has 3 rings (SSSR count). The van der Waals surface area contributed by atoms with E-state index in [1.165, 1.54) is 0 Å². The second kappa shape index (κ2) is 7.49. The van der Waals surface area contributed by atoms with E-state index in [1.807, 2.05) is 6.92 Å². The highest BCUT2D eigenvalue weighted by molar-refractivity contribution is 7.90. The van der Waals surface area contributed by atoms with Gasteiger partial charge in [-0.3, -0.25) is 9.78 Å². The van der Waals surface area contributed by atoms with Gasteiger partial charge in [0.05, 0.1) is 22.5 Å². The van der Waals surface area contributed by atoms with Gasteiger partial charge in [-0.2, -0.15) is 0 Å². The Balaban J connectivity index is 1.78. The molecular weight excluding hydrogens is 348 g/mol. The third-order valence-corrected chi connectivity index (χ3v) is 5.55. The summed E-state index contributed by atoms with van der Waals surface area (Å²) in [6.07, 6.45) is 3.16. The fraction of sp³-hybridized carbons (Fsp3) is 0.100. The molecule has 0 fully saturated rings. The molecule has 132 valence electrons. The Labute approximate surface area is 152 Å². The number of nitrogens with one attached hydrogen (secondary N) is 1. The van der Waals surface area contributed by atoms with Crippen molar-refractivity contribution in [1.82, 2.24) is 4.98 Å². The van der Waals surface area contributed by atoms with Crippen LogP contribution in [0.3, 0.4) is 0 Å². The highest BCUT2D eigenvalue weighted by atomic mass is 32.2. The number of carbonyl (C=O) groups excluding carboxylic acids is 1. The van der Waals surface area contributed by atoms with Crippen LogP contribution in [0.2, 0.25) is 0 Å². The number of aromatic nitrogens is 1. The zero-order chi connectivity index (χ0) is 18.6. The Hall–Kier alpha value is -2.99. The number of hydrogen-bond donors (Lipinski definition) is 1. The topological polar surface area (TPSA) is 76.1 Å². The molecule has 1 heterocycles. The van der Waals surface area contributed by atoms with Crippen molar-refractivity contribution in [2.24, 2.45) is 0 Å². The van der Waals surface area contributed by atoms with Crippen LogP contribution in [-0.2, 0) is 15.6 Å². The SMILES string of the molecule is Cc1ccc(S(=O)(=O)Cc2cccc(C(=O)Nc3cccnc3)c2)cc1. The molecule has 0 aliphatic carbocycles. The van der Waals surface area contributed by atoms with E-state index in [2.05, 4.69) is 10.3 Å². The van der Waals surface area contributed by atoms with E-state index in [1.54, 1.807) is 73.1 Å². The van der Waals surface area contributed by atoms with Crippen LogP contribution in [0.25, 0.3) is 0 Å². The Morgan fingerprint density at radius 2 is 1.81 bits per heavy atom. The number of benzene rings is 2. The zero-order valence-electron chi connectivity index (χ0n) is 14.2. The Morgan fingerprint density at radius 3 is 2.50 bits per heavy atom. The molecule has 0 atom stereocenters. The van der Waals surface area contributed by atoms with Crippen LogP contribution in [0.1, 0.15) is 21.5 Å². The van der Waals surface area contributed by atoms with E-state index in [-0.39, 0.29) is 16.6 Å². The minimum absolute atomic E-state index is 0.163. The number of carbonyl (C=O) groups is 1. The summed E-state index contributed by atoms with van der Waals surface area (Å²) < 4.78 is 25.2. The first-order chi connectivity index (χ1) is 12.4. The summed E-state index contributed by atoms with van der Waals surface area (Å²) in [5, 5.41) is 2.74. The van der Waals surface area contributed by atoms with Gasteiger partial charge in [0.15, 0.2) is 9.84 Å². The normalized spacial score (nSPS) is 11.1. The molecule has 0 unspecified atom stereocenters. The molecule has 26 heavy (non-hydrogen) atoms. The zero-order valence-corrected chi connectivity index (χ0v) is 15.0. The van der Waals surface area contributed by atoms with E-state index in [4.69, 9.17) is 0 Å². The molecule has 0 saturated heterocycles. The first-order valence-electron chi connectivity index (χ1n) is 8.04. The van der Waals surface area contributed by atoms with Crippen LogP contribution in [0, 0.1) is 6.92 Å². The number of sulfone groups is 1. The van der Waals surface area contributed by atoms with Gasteiger partial charge in [0.2, 0.25) is 0 Å². The summed E-state index contributed by atoms with van der Waals surface area (Å²) in [6, 6.07) is 16.8. The molecule has 1 amide bonds. The molecular formula is C20H18N2O3S. The van der Waals surface area contributed by atoms with Crippen molar-refractivity contribution < 1.29 is 13.2 Å². The van der Waals surface area contributed by atoms with Gasteiger partial charge < -0.3 is 5.32 Å². The predicted molar refractivity (Wildman–Crippen MR) is 101 cm³/mol. The third-order valence-electron chi connectivity index (χ3n) is 3.85. The molecule has 2 aromatic carbocycles. The molecule has 6 heteroatoms. The van der Waals surface area contributed by atoms with Gasteiger partial charge in [-0.05, 0) is 48.9 Å². The molecule has 5 nitrogen and oxygen atoms in total. The van der Waals surface area contributed by atoms with Crippen molar-refractivity contribution in [3.05, 3.63) is 89.7 Å². The van der Waals surface area contributed by atoms with Crippen LogP contribution < -0.4 is 5.32 Å². The second-order valence-corrected chi connectivity index (χ2v) is 7.96. The third kappa shape index (κ3) is 4.34. The largest absolute Gasteiger partial charge is 0.321 e. The highest BCUT2D eigenvalue weighted by Gasteiger charge is 2.16. The summed E-state index contributed by atoms with van der Waals surface area (Å²) in [4.78, 5) is 16.6. The average molecular weight is 366 g/mol. The average Bonchev–Trinajstić information content (AvgIpc) is 2.63. The fourth-order valence-electron chi connectivity index (χ4n) is 2.49. The van der Waals surface area contributed by atoms with E-state index in [0.29, 0.717) is 16.8 Å². The summed E-state index contributed by atoms with van der Waals surface area (Å²) in [6.45, 7) is 1.90. The Kier molecular flexibility index (Phi) is 5.14. The fourth-order valence-corrected chi connectivity index (χ4v) is 3.83. The van der Waals surface area contributed by atoms with Crippen LogP contribution in [0.15, 0.2) is 78.0 Å². The van der Waals surface area contributed by atoms with Crippen LogP contribution >= 0.6 is 0 Å². The number of anilines is 1. The van der Waals surface area contributed by atoms with Gasteiger partial charge >= 0.3 is 0 Å². The highest BCUT2D eigenvalue weighted by Crippen LogP contribution is 2.18. The summed E-state index contributed by atoms with van der Waals surface area (Å²) in [7, 11) is -3.47. The quantitative estimate of drug-likeness (QED) is 0.748. The van der Waals surface area contributed by atoms with Gasteiger partial charge in [0.1, 0.15) is 0 Å². The van der Waals surface area contributed by atoms with Gasteiger partial charge in [0.25, 0.3) is 5.91 Å². The van der Waals surface area contributed by atoms with Crippen molar-refractivity contribution in [2.75, 3.05) is 5.32 Å². The lowest BCUT2D eigenvalue weighted by molar-refractivity contribution is 0.102. The second-order valence-electron chi connectivity index (χ2n) is 5.97. The molecule has 0 aliphatic heterocycles. The Morgan fingerprint density at radius 1 is 1.04 bits per heavy atom. The van der Waals surface area contributed by atoms with Crippen LogP contribution in [0.5, 0.6) is 0 Å². The molecule has 0 aliphatic rings. The minimum atomic E-state index is -3.47. The van der Waals surface area contributed by atoms with Gasteiger partial charge in [0, 0.05) is 11.8 Å². The first kappa shape index (κ1) is 17.8. The first-order valence-corrected chi connectivity index (χ1v) is 9.69. The van der Waals surface area contributed by atoms with Crippen molar-refractivity contribution in [2.45, 2.75) is 17.6 Å². The minimum Gasteiger partial charge on any atom is -0.321 e. The van der Waals surface area contributed by atoms with E-state index < -0.39 is 9.84 Å². The lowest BCUT2D eigenvalue weighted by atomic mass is 10.1. The van der Waals surface area contributed by atoms with E-state index in [0.717, 1.165) is 5.56 Å². The smallest absolute Gasteiger partial charge is 0.255 e. The van der Waals surface area contributed by atoms with Crippen LogP contribution in [0.4, 0.5) is 5.69 Å². The predicted octanol–water partition coefficient (Wildman–Crippen LogP) is 3.62. The molecule has 0 radical (unpaired) electrons. The standard InChI is InChI=1S/C20H18N2O3S/c1-15-7-9-19(10-8-15)26(24,25)14-16-4-2-5-17(12-16)20(23)22-18-6-3-11-21-13-18/h2-13H,14H2,1H3,(H,22,23). The maximum Gasteiger partial charge on any atom is 0.255 e. The monoisotopic (exact) mass is 366 g/mol. The molecule has 0 spiro atoms.